The number of fused-ring (bicyclic) bond motifs is 1. The number of aromatic nitrogens is 2. The van der Waals surface area contributed by atoms with Crippen LogP contribution >= 0.6 is 0 Å². The molecule has 4 rings (SSSR count). The molecule has 0 aliphatic carbocycles. The van der Waals surface area contributed by atoms with E-state index in [1.807, 2.05) is 49.4 Å². The first kappa shape index (κ1) is 21.5. The van der Waals surface area contributed by atoms with E-state index in [0.29, 0.717) is 43.4 Å². The SMILES string of the molecule is Cc1cccc2c(=O)n(CCC(=O)N3CCC(NC(=O)Nc4ccccc4)CC3)cnc12. The first-order chi connectivity index (χ1) is 15.5. The van der Waals surface area contributed by atoms with Gasteiger partial charge < -0.3 is 15.5 Å². The first-order valence-corrected chi connectivity index (χ1v) is 10.9. The molecule has 1 aliphatic rings. The third-order valence-corrected chi connectivity index (χ3v) is 5.84. The molecule has 1 fully saturated rings. The fourth-order valence-corrected chi connectivity index (χ4v) is 4.02. The van der Waals surface area contributed by atoms with Crippen LogP contribution in [0.4, 0.5) is 10.5 Å². The van der Waals surface area contributed by atoms with Crippen LogP contribution in [0, 0.1) is 6.92 Å². The zero-order chi connectivity index (χ0) is 22.5. The predicted octanol–water partition coefficient (Wildman–Crippen LogP) is 2.91. The Labute approximate surface area is 186 Å². The summed E-state index contributed by atoms with van der Waals surface area (Å²) < 4.78 is 1.50. The van der Waals surface area contributed by atoms with E-state index < -0.39 is 0 Å². The van der Waals surface area contributed by atoms with Crippen LogP contribution in [-0.4, -0.2) is 45.5 Å². The number of anilines is 1. The summed E-state index contributed by atoms with van der Waals surface area (Å²) in [5.41, 5.74) is 2.27. The Morgan fingerprint density at radius 2 is 1.81 bits per heavy atom. The smallest absolute Gasteiger partial charge is 0.319 e. The summed E-state index contributed by atoms with van der Waals surface area (Å²) in [7, 11) is 0. The molecule has 2 N–H and O–H groups in total. The van der Waals surface area contributed by atoms with Gasteiger partial charge in [-0.2, -0.15) is 0 Å². The van der Waals surface area contributed by atoms with Crippen molar-refractivity contribution in [3.05, 3.63) is 70.8 Å². The molecule has 8 heteroatoms. The molecule has 0 radical (unpaired) electrons. The molecule has 8 nitrogen and oxygen atoms in total. The zero-order valence-electron chi connectivity index (χ0n) is 18.1. The Bertz CT molecular complexity index is 1170. The Balaban J connectivity index is 1.26. The summed E-state index contributed by atoms with van der Waals surface area (Å²) in [6.07, 6.45) is 3.16. The van der Waals surface area contributed by atoms with E-state index in [1.165, 1.54) is 10.9 Å². The Morgan fingerprint density at radius 1 is 1.06 bits per heavy atom. The number of nitrogens with one attached hydrogen (secondary N) is 2. The van der Waals surface area contributed by atoms with E-state index in [2.05, 4.69) is 15.6 Å². The maximum atomic E-state index is 12.7. The molecule has 1 aliphatic heterocycles. The van der Waals surface area contributed by atoms with Gasteiger partial charge in [0.25, 0.3) is 5.56 Å². The lowest BCUT2D eigenvalue weighted by Crippen LogP contribution is -2.47. The molecule has 3 amide bonds. The Morgan fingerprint density at radius 3 is 2.56 bits per heavy atom. The standard InChI is InChI=1S/C24H27N5O3/c1-17-6-5-9-20-22(17)25-16-29(23(20)31)15-12-21(30)28-13-10-19(11-14-28)27-24(32)26-18-7-3-2-4-8-18/h2-9,16,19H,10-15H2,1H3,(H2,26,27,32). The highest BCUT2D eigenvalue weighted by Gasteiger charge is 2.23. The first-order valence-electron chi connectivity index (χ1n) is 10.9. The monoisotopic (exact) mass is 433 g/mol. The molecule has 1 saturated heterocycles. The molecule has 2 aromatic carbocycles. The fraction of sp³-hybridized carbons (Fsp3) is 0.333. The van der Waals surface area contributed by atoms with Crippen LogP contribution in [-0.2, 0) is 11.3 Å². The Hall–Kier alpha value is -3.68. The average Bonchev–Trinajstić information content (AvgIpc) is 2.80. The van der Waals surface area contributed by atoms with E-state index in [9.17, 15) is 14.4 Å². The molecule has 1 aromatic heterocycles. The molecule has 0 bridgehead atoms. The van der Waals surface area contributed by atoms with Crippen LogP contribution in [0.2, 0.25) is 0 Å². The van der Waals surface area contributed by atoms with Crippen molar-refractivity contribution in [1.29, 1.82) is 0 Å². The number of hydrogen-bond donors (Lipinski definition) is 2. The largest absolute Gasteiger partial charge is 0.342 e. The summed E-state index contributed by atoms with van der Waals surface area (Å²) in [4.78, 5) is 43.7. The number of carbonyl (C=O) groups is 2. The van der Waals surface area contributed by atoms with Gasteiger partial charge >= 0.3 is 6.03 Å². The van der Waals surface area contributed by atoms with E-state index in [1.54, 1.807) is 11.0 Å². The lowest BCUT2D eigenvalue weighted by Gasteiger charge is -2.32. The van der Waals surface area contributed by atoms with Crippen molar-refractivity contribution < 1.29 is 9.59 Å². The van der Waals surface area contributed by atoms with Crippen LogP contribution in [0.3, 0.4) is 0 Å². The van der Waals surface area contributed by atoms with Gasteiger partial charge in [0, 0.05) is 37.8 Å². The second kappa shape index (κ2) is 9.64. The molecule has 32 heavy (non-hydrogen) atoms. The minimum atomic E-state index is -0.237. The minimum Gasteiger partial charge on any atom is -0.342 e. The van der Waals surface area contributed by atoms with Gasteiger partial charge in [0.2, 0.25) is 5.91 Å². The summed E-state index contributed by atoms with van der Waals surface area (Å²) in [5, 5.41) is 6.36. The number of nitrogens with zero attached hydrogens (tertiary/aromatic N) is 3. The van der Waals surface area contributed by atoms with Gasteiger partial charge in [-0.05, 0) is 43.5 Å². The van der Waals surface area contributed by atoms with E-state index in [-0.39, 0.29) is 30.0 Å². The third kappa shape index (κ3) is 4.96. The van der Waals surface area contributed by atoms with E-state index in [4.69, 9.17) is 0 Å². The van der Waals surface area contributed by atoms with Crippen LogP contribution in [0.5, 0.6) is 0 Å². The van der Waals surface area contributed by atoms with Crippen molar-refractivity contribution in [3.8, 4) is 0 Å². The molecule has 2 heterocycles. The number of rotatable bonds is 5. The maximum Gasteiger partial charge on any atom is 0.319 e. The number of hydrogen-bond acceptors (Lipinski definition) is 4. The summed E-state index contributed by atoms with van der Waals surface area (Å²) >= 11 is 0. The normalized spacial score (nSPS) is 14.3. The van der Waals surface area contributed by atoms with Crippen molar-refractivity contribution in [1.82, 2.24) is 19.8 Å². The summed E-state index contributed by atoms with van der Waals surface area (Å²) in [6, 6.07) is 14.6. The second-order valence-electron chi connectivity index (χ2n) is 8.08. The minimum absolute atomic E-state index is 0.00780. The number of likely N-dealkylation sites (tertiary alicyclic amines) is 1. The molecule has 0 saturated carbocycles. The highest BCUT2D eigenvalue weighted by molar-refractivity contribution is 5.89. The van der Waals surface area contributed by atoms with Crippen LogP contribution < -0.4 is 16.2 Å². The molecule has 0 atom stereocenters. The van der Waals surface area contributed by atoms with E-state index in [0.717, 1.165) is 11.3 Å². The van der Waals surface area contributed by atoms with Crippen LogP contribution in [0.15, 0.2) is 59.7 Å². The molecule has 0 unspecified atom stereocenters. The van der Waals surface area contributed by atoms with Gasteiger partial charge in [0.05, 0.1) is 17.2 Å². The number of urea groups is 1. The highest BCUT2D eigenvalue weighted by atomic mass is 16.2. The molecule has 166 valence electrons. The number of amides is 3. The predicted molar refractivity (Wildman–Crippen MR) is 124 cm³/mol. The maximum absolute atomic E-state index is 12.7. The van der Waals surface area contributed by atoms with Crippen molar-refractivity contribution in [3.63, 3.8) is 0 Å². The van der Waals surface area contributed by atoms with Crippen molar-refractivity contribution in [2.45, 2.75) is 38.8 Å². The van der Waals surface area contributed by atoms with Gasteiger partial charge in [-0.15, -0.1) is 0 Å². The highest BCUT2D eigenvalue weighted by Crippen LogP contribution is 2.14. The van der Waals surface area contributed by atoms with Gasteiger partial charge in [0.1, 0.15) is 0 Å². The van der Waals surface area contributed by atoms with E-state index >= 15 is 0 Å². The van der Waals surface area contributed by atoms with Gasteiger partial charge in [-0.3, -0.25) is 14.2 Å². The number of benzene rings is 2. The topological polar surface area (TPSA) is 96.3 Å². The van der Waals surface area contributed by atoms with Crippen molar-refractivity contribution in [2.24, 2.45) is 0 Å². The molecule has 3 aromatic rings. The zero-order valence-corrected chi connectivity index (χ0v) is 18.1. The van der Waals surface area contributed by atoms with Gasteiger partial charge in [-0.1, -0.05) is 30.3 Å². The van der Waals surface area contributed by atoms with Crippen LogP contribution in [0.1, 0.15) is 24.8 Å². The molecule has 0 spiro atoms. The number of carbonyl (C=O) groups excluding carboxylic acids is 2. The lowest BCUT2D eigenvalue weighted by molar-refractivity contribution is -0.132. The lowest BCUT2D eigenvalue weighted by atomic mass is 10.0. The van der Waals surface area contributed by atoms with Gasteiger partial charge in [0.15, 0.2) is 0 Å². The summed E-state index contributed by atoms with van der Waals surface area (Å²) in [5.74, 6) is 0.00780. The van der Waals surface area contributed by atoms with Crippen molar-refractivity contribution in [2.75, 3.05) is 18.4 Å². The van der Waals surface area contributed by atoms with Gasteiger partial charge in [-0.25, -0.2) is 9.78 Å². The summed E-state index contributed by atoms with van der Waals surface area (Å²) in [6.45, 7) is 3.39. The average molecular weight is 434 g/mol. The third-order valence-electron chi connectivity index (χ3n) is 5.84. The Kier molecular flexibility index (Phi) is 6.49. The quantitative estimate of drug-likeness (QED) is 0.647. The number of para-hydroxylation sites is 2. The second-order valence-corrected chi connectivity index (χ2v) is 8.08. The number of piperidine rings is 1. The van der Waals surface area contributed by atoms with Crippen LogP contribution in [0.25, 0.3) is 10.9 Å². The number of aryl methyl sites for hydroxylation is 2. The molecular formula is C24H27N5O3. The fourth-order valence-electron chi connectivity index (χ4n) is 4.02. The molecular weight excluding hydrogens is 406 g/mol. The van der Waals surface area contributed by atoms with Crippen molar-refractivity contribution >= 4 is 28.5 Å².